The fourth-order valence-electron chi connectivity index (χ4n) is 11.9. The largest absolute Gasteiger partial charge is 0.458 e. The van der Waals surface area contributed by atoms with Crippen LogP contribution >= 0.6 is 0 Å². The molecule has 3 nitrogen and oxygen atoms in total. The molecule has 0 aliphatic heterocycles. The molecule has 0 spiro atoms. The molecule has 0 saturated heterocycles. The Morgan fingerprint density at radius 2 is 1.65 bits per heavy atom. The van der Waals surface area contributed by atoms with Gasteiger partial charge in [0.05, 0.1) is 5.56 Å². The molecule has 46 heavy (non-hydrogen) atoms. The van der Waals surface area contributed by atoms with Crippen LogP contribution in [-0.2, 0) is 4.74 Å². The summed E-state index contributed by atoms with van der Waals surface area (Å²) in [5, 5.41) is 0. The second-order valence-corrected chi connectivity index (χ2v) is 17.6. The highest BCUT2D eigenvalue weighted by Gasteiger charge is 2.59. The Morgan fingerprint density at radius 1 is 0.891 bits per heavy atom. The molecule has 3 heteroatoms. The number of carbonyl (C=O) groups excluding carboxylic acids is 2. The summed E-state index contributed by atoms with van der Waals surface area (Å²) < 4.78 is 6.38. The zero-order chi connectivity index (χ0) is 32.6. The molecule has 1 aromatic carbocycles. The minimum Gasteiger partial charge on any atom is -0.458 e. The van der Waals surface area contributed by atoms with Gasteiger partial charge in [0.1, 0.15) is 6.10 Å². The van der Waals surface area contributed by atoms with Crippen molar-refractivity contribution in [3.05, 3.63) is 46.5 Å². The molecule has 5 aliphatic rings. The molecule has 4 fully saturated rings. The number of ketones is 1. The van der Waals surface area contributed by atoms with Crippen molar-refractivity contribution >= 4 is 11.8 Å². The summed E-state index contributed by atoms with van der Waals surface area (Å²) in [6.45, 7) is 14.2. The molecule has 0 bridgehead atoms. The lowest BCUT2D eigenvalue weighted by molar-refractivity contribution is -0.0594. The molecule has 6 rings (SSSR count). The lowest BCUT2D eigenvalue weighted by Gasteiger charge is -2.58. The molecule has 5 aliphatic carbocycles. The maximum atomic E-state index is 13.8. The first-order valence-corrected chi connectivity index (χ1v) is 19.6. The summed E-state index contributed by atoms with van der Waals surface area (Å²) in [6, 6.07) is 5.72. The molecule has 0 unspecified atom stereocenters. The summed E-state index contributed by atoms with van der Waals surface area (Å²) in [6.07, 6.45) is 23.7. The van der Waals surface area contributed by atoms with Gasteiger partial charge in [0.25, 0.3) is 0 Å². The van der Waals surface area contributed by atoms with Crippen LogP contribution < -0.4 is 0 Å². The second-order valence-electron chi connectivity index (χ2n) is 17.6. The fraction of sp³-hybridized carbons (Fsp3) is 0.767. The third kappa shape index (κ3) is 6.56. The van der Waals surface area contributed by atoms with Crippen molar-refractivity contribution < 1.29 is 14.3 Å². The van der Waals surface area contributed by atoms with Crippen molar-refractivity contribution in [3.63, 3.8) is 0 Å². The van der Waals surface area contributed by atoms with E-state index >= 15 is 0 Å². The zero-order valence-corrected chi connectivity index (χ0v) is 30.2. The number of hydrogen-bond acceptors (Lipinski definition) is 3. The molecule has 4 saturated carbocycles. The van der Waals surface area contributed by atoms with E-state index in [-0.39, 0.29) is 23.3 Å². The number of esters is 1. The van der Waals surface area contributed by atoms with Gasteiger partial charge in [-0.25, -0.2) is 4.79 Å². The van der Waals surface area contributed by atoms with Crippen LogP contribution in [0.5, 0.6) is 0 Å². The van der Waals surface area contributed by atoms with Crippen LogP contribution in [0, 0.1) is 46.3 Å². The Labute approximate surface area is 281 Å². The van der Waals surface area contributed by atoms with Crippen LogP contribution in [0.2, 0.25) is 0 Å². The third-order valence-electron chi connectivity index (χ3n) is 14.5. The van der Waals surface area contributed by atoms with Crippen LogP contribution in [0.3, 0.4) is 0 Å². The number of fused-ring (bicyclic) bond motifs is 5. The van der Waals surface area contributed by atoms with E-state index in [9.17, 15) is 9.59 Å². The Kier molecular flexibility index (Phi) is 10.3. The average molecular weight is 629 g/mol. The lowest BCUT2D eigenvalue weighted by Crippen LogP contribution is -2.51. The fourth-order valence-corrected chi connectivity index (χ4v) is 11.9. The highest BCUT2D eigenvalue weighted by Crippen LogP contribution is 2.67. The number of carbonyl (C=O) groups is 2. The summed E-state index contributed by atoms with van der Waals surface area (Å²) in [7, 11) is 0. The van der Waals surface area contributed by atoms with Gasteiger partial charge in [0.15, 0.2) is 5.78 Å². The first kappa shape index (κ1) is 34.0. The smallest absolute Gasteiger partial charge is 0.338 e. The molecule has 0 heterocycles. The number of allylic oxidation sites excluding steroid dienone is 1. The van der Waals surface area contributed by atoms with E-state index in [0.29, 0.717) is 22.5 Å². The summed E-state index contributed by atoms with van der Waals surface area (Å²) >= 11 is 0. The molecule has 254 valence electrons. The highest BCUT2D eigenvalue weighted by atomic mass is 16.5. The molecular formula is C43H64O3. The second kappa shape index (κ2) is 13.9. The van der Waals surface area contributed by atoms with Crippen molar-refractivity contribution in [2.45, 2.75) is 163 Å². The monoisotopic (exact) mass is 628 g/mol. The Hall–Kier alpha value is -1.90. The van der Waals surface area contributed by atoms with Gasteiger partial charge in [-0.3, -0.25) is 4.79 Å². The van der Waals surface area contributed by atoms with Crippen molar-refractivity contribution in [1.29, 1.82) is 0 Å². The summed E-state index contributed by atoms with van der Waals surface area (Å²) in [5.41, 5.74) is 4.80. The summed E-state index contributed by atoms with van der Waals surface area (Å²) in [4.78, 5) is 26.1. The minimum absolute atomic E-state index is 0.0470. The number of hydrogen-bond donors (Lipinski definition) is 0. The van der Waals surface area contributed by atoms with Crippen molar-refractivity contribution in [3.8, 4) is 0 Å². The standard InChI is InChI=1S/C43H64O3/c1-28(2)12-11-13-29(3)38-20-21-39-36-19-17-33-27-34(22-24-42(33,5)40(36)23-25-43(38,39)6)46-41(45)35-18-16-32(30(4)44)26-37(35)31-14-9-7-8-10-15-31/h16-18,26,28-29,31,34,36,38-40H,7-15,19-25,27H2,1-6H3/t29-,34+,36+,38-,39+,40+,42+,43-/m1/s1. The molecular weight excluding hydrogens is 564 g/mol. The maximum Gasteiger partial charge on any atom is 0.338 e. The van der Waals surface area contributed by atoms with E-state index in [1.807, 2.05) is 18.2 Å². The predicted molar refractivity (Wildman–Crippen MR) is 189 cm³/mol. The molecule has 0 amide bonds. The average Bonchev–Trinajstić information content (AvgIpc) is 3.17. The van der Waals surface area contributed by atoms with E-state index in [1.54, 1.807) is 12.5 Å². The first-order valence-electron chi connectivity index (χ1n) is 19.6. The number of Topliss-reactive ketones (excluding diaryl/α,β-unsaturated/α-hetero) is 1. The van der Waals surface area contributed by atoms with E-state index < -0.39 is 0 Å². The van der Waals surface area contributed by atoms with E-state index in [4.69, 9.17) is 4.74 Å². The van der Waals surface area contributed by atoms with E-state index in [1.165, 1.54) is 77.0 Å². The first-order chi connectivity index (χ1) is 22.0. The molecule has 8 atom stereocenters. The van der Waals surface area contributed by atoms with E-state index in [2.05, 4.69) is 40.7 Å². The molecule has 0 aromatic heterocycles. The third-order valence-corrected chi connectivity index (χ3v) is 14.5. The summed E-state index contributed by atoms with van der Waals surface area (Å²) in [5.74, 6) is 5.26. The maximum absolute atomic E-state index is 13.8. The van der Waals surface area contributed by atoms with Gasteiger partial charge in [-0.15, -0.1) is 0 Å². The molecule has 0 N–H and O–H groups in total. The van der Waals surface area contributed by atoms with Gasteiger partial charge in [0, 0.05) is 12.0 Å². The highest BCUT2D eigenvalue weighted by molar-refractivity contribution is 5.97. The minimum atomic E-state index is -0.176. The van der Waals surface area contributed by atoms with Crippen LogP contribution in [0.15, 0.2) is 29.8 Å². The SMILES string of the molecule is CC(=O)c1ccc(C(=O)O[C@H]2CC[C@@]3(C)C(=CC[C@H]4[C@@H]5CC[C@H]([C@H](C)CCCC(C)C)[C@@]5(C)CC[C@@H]43)C2)c(C2CCCCCC2)c1. The number of rotatable bonds is 9. The van der Waals surface area contributed by atoms with Crippen molar-refractivity contribution in [2.75, 3.05) is 0 Å². The Balaban J connectivity index is 1.14. The topological polar surface area (TPSA) is 43.4 Å². The van der Waals surface area contributed by atoms with Gasteiger partial charge >= 0.3 is 5.97 Å². The number of ether oxygens (including phenoxy) is 1. The zero-order valence-electron chi connectivity index (χ0n) is 30.2. The Morgan fingerprint density at radius 3 is 2.37 bits per heavy atom. The van der Waals surface area contributed by atoms with Gasteiger partial charge in [0.2, 0.25) is 0 Å². The van der Waals surface area contributed by atoms with Crippen LogP contribution in [0.4, 0.5) is 0 Å². The van der Waals surface area contributed by atoms with Crippen molar-refractivity contribution in [2.24, 2.45) is 46.3 Å². The Bertz CT molecular complexity index is 1280. The lowest BCUT2D eigenvalue weighted by atomic mass is 9.47. The van der Waals surface area contributed by atoms with Gasteiger partial charge in [-0.2, -0.15) is 0 Å². The number of benzene rings is 1. The normalized spacial score (nSPS) is 35.4. The van der Waals surface area contributed by atoms with Crippen LogP contribution in [0.25, 0.3) is 0 Å². The molecule has 0 radical (unpaired) electrons. The van der Waals surface area contributed by atoms with Crippen LogP contribution in [0.1, 0.15) is 183 Å². The van der Waals surface area contributed by atoms with Crippen LogP contribution in [-0.4, -0.2) is 17.9 Å². The van der Waals surface area contributed by atoms with Gasteiger partial charge in [-0.05, 0) is 135 Å². The quantitative estimate of drug-likeness (QED) is 0.118. The predicted octanol–water partition coefficient (Wildman–Crippen LogP) is 11.9. The van der Waals surface area contributed by atoms with Gasteiger partial charge < -0.3 is 4.74 Å². The van der Waals surface area contributed by atoms with Crippen molar-refractivity contribution in [1.82, 2.24) is 0 Å². The van der Waals surface area contributed by atoms with E-state index in [0.717, 1.165) is 73.2 Å². The molecule has 1 aromatic rings. The van der Waals surface area contributed by atoms with Gasteiger partial charge in [-0.1, -0.05) is 97.3 Å².